The molecular weight excluding hydrogens is 234 g/mol. The molecule has 0 aliphatic heterocycles. The maximum Gasteiger partial charge on any atom is 0.313 e. The van der Waals surface area contributed by atoms with Crippen LogP contribution in [0.25, 0.3) is 11.0 Å². The Bertz CT molecular complexity index is 577. The molecule has 1 heterocycles. The van der Waals surface area contributed by atoms with Gasteiger partial charge in [0.2, 0.25) is 0 Å². The molecule has 6 nitrogen and oxygen atoms in total. The van der Waals surface area contributed by atoms with Crippen molar-refractivity contribution < 1.29 is 14.3 Å². The number of hydrogen-bond donors (Lipinski definition) is 0. The molecule has 0 amide bonds. The van der Waals surface area contributed by atoms with Gasteiger partial charge in [-0.1, -0.05) is 17.3 Å². The zero-order valence-corrected chi connectivity index (χ0v) is 10.00. The van der Waals surface area contributed by atoms with Crippen LogP contribution < -0.4 is 0 Å². The van der Waals surface area contributed by atoms with E-state index < -0.39 is 5.97 Å². The van der Waals surface area contributed by atoms with Gasteiger partial charge in [0.15, 0.2) is 5.78 Å². The van der Waals surface area contributed by atoms with Crippen LogP contribution in [0.5, 0.6) is 0 Å². The lowest BCUT2D eigenvalue weighted by atomic mass is 10.2. The Morgan fingerprint density at radius 3 is 2.89 bits per heavy atom. The largest absolute Gasteiger partial charge is 0.466 e. The summed E-state index contributed by atoms with van der Waals surface area (Å²) in [7, 11) is 0. The molecule has 0 unspecified atom stereocenters. The fourth-order valence-electron chi connectivity index (χ4n) is 1.63. The fraction of sp³-hybridized carbons (Fsp3) is 0.333. The number of para-hydroxylation sites is 1. The summed E-state index contributed by atoms with van der Waals surface area (Å²) in [5, 5.41) is 7.81. The molecule has 2 rings (SSSR count). The minimum absolute atomic E-state index is 0.0271. The number of hydrogen-bond acceptors (Lipinski definition) is 5. The molecule has 18 heavy (non-hydrogen) atoms. The van der Waals surface area contributed by atoms with E-state index in [4.69, 9.17) is 4.74 Å². The van der Waals surface area contributed by atoms with E-state index >= 15 is 0 Å². The lowest BCUT2D eigenvalue weighted by Crippen LogP contribution is -2.17. The second-order valence-corrected chi connectivity index (χ2v) is 3.76. The van der Waals surface area contributed by atoms with Crippen molar-refractivity contribution in [1.29, 1.82) is 0 Å². The number of carbonyl (C=O) groups excluding carboxylic acids is 2. The lowest BCUT2D eigenvalue weighted by molar-refractivity contribution is -0.145. The molecule has 0 spiro atoms. The number of aromatic nitrogens is 3. The molecule has 1 aromatic carbocycles. The smallest absolute Gasteiger partial charge is 0.313 e. The van der Waals surface area contributed by atoms with Gasteiger partial charge in [0.05, 0.1) is 12.1 Å². The van der Waals surface area contributed by atoms with E-state index in [0.717, 1.165) is 11.0 Å². The molecule has 1 aromatic heterocycles. The summed E-state index contributed by atoms with van der Waals surface area (Å²) in [5.41, 5.74) is 1.50. The van der Waals surface area contributed by atoms with Gasteiger partial charge >= 0.3 is 5.97 Å². The van der Waals surface area contributed by atoms with Crippen LogP contribution in [0, 0.1) is 0 Å². The van der Waals surface area contributed by atoms with Crippen molar-refractivity contribution >= 4 is 22.8 Å². The molecule has 0 aliphatic rings. The number of rotatable bonds is 5. The molecule has 0 saturated heterocycles. The summed E-state index contributed by atoms with van der Waals surface area (Å²) in [6.45, 7) is 2.00. The van der Waals surface area contributed by atoms with E-state index in [1.165, 1.54) is 4.68 Å². The van der Waals surface area contributed by atoms with Crippen LogP contribution >= 0.6 is 0 Å². The third-order valence-corrected chi connectivity index (χ3v) is 2.39. The monoisotopic (exact) mass is 247 g/mol. The van der Waals surface area contributed by atoms with E-state index in [2.05, 4.69) is 10.3 Å². The van der Waals surface area contributed by atoms with Gasteiger partial charge in [-0.2, -0.15) is 0 Å². The van der Waals surface area contributed by atoms with Gasteiger partial charge in [0, 0.05) is 0 Å². The summed E-state index contributed by atoms with van der Waals surface area (Å²) in [5.74, 6) is -0.754. The Labute approximate surface area is 104 Å². The van der Waals surface area contributed by atoms with Crippen LogP contribution in [0.15, 0.2) is 24.3 Å². The molecular formula is C12H13N3O3. The molecule has 94 valence electrons. The van der Waals surface area contributed by atoms with Crippen molar-refractivity contribution in [3.63, 3.8) is 0 Å². The van der Waals surface area contributed by atoms with E-state index in [9.17, 15) is 9.59 Å². The molecule has 6 heteroatoms. The van der Waals surface area contributed by atoms with Crippen LogP contribution in [0.4, 0.5) is 0 Å². The van der Waals surface area contributed by atoms with Crippen molar-refractivity contribution in [3.8, 4) is 0 Å². The zero-order valence-electron chi connectivity index (χ0n) is 10.00. The van der Waals surface area contributed by atoms with Crippen LogP contribution in [-0.2, 0) is 20.9 Å². The highest BCUT2D eigenvalue weighted by Gasteiger charge is 2.13. The molecule has 0 saturated carbocycles. The Morgan fingerprint density at radius 2 is 2.11 bits per heavy atom. The molecule has 0 atom stereocenters. The van der Waals surface area contributed by atoms with Crippen molar-refractivity contribution in [3.05, 3.63) is 24.3 Å². The van der Waals surface area contributed by atoms with E-state index in [-0.39, 0.29) is 25.4 Å². The maximum atomic E-state index is 11.6. The summed E-state index contributed by atoms with van der Waals surface area (Å²) >= 11 is 0. The average molecular weight is 247 g/mol. The van der Waals surface area contributed by atoms with Gasteiger partial charge in [-0.3, -0.25) is 9.59 Å². The summed E-state index contributed by atoms with van der Waals surface area (Å²) < 4.78 is 6.20. The van der Waals surface area contributed by atoms with Gasteiger partial charge in [-0.25, -0.2) is 4.68 Å². The maximum absolute atomic E-state index is 11.6. The van der Waals surface area contributed by atoms with Crippen molar-refractivity contribution in [2.24, 2.45) is 0 Å². The van der Waals surface area contributed by atoms with Crippen molar-refractivity contribution in [2.45, 2.75) is 19.9 Å². The molecule has 0 bridgehead atoms. The predicted molar refractivity (Wildman–Crippen MR) is 63.8 cm³/mol. The van der Waals surface area contributed by atoms with Crippen LogP contribution in [0.2, 0.25) is 0 Å². The molecule has 2 aromatic rings. The Kier molecular flexibility index (Phi) is 3.66. The minimum atomic E-state index is -0.507. The lowest BCUT2D eigenvalue weighted by Gasteiger charge is -2.02. The van der Waals surface area contributed by atoms with Gasteiger partial charge in [-0.05, 0) is 19.1 Å². The normalized spacial score (nSPS) is 10.5. The third-order valence-electron chi connectivity index (χ3n) is 2.39. The van der Waals surface area contributed by atoms with Gasteiger partial charge in [0.25, 0.3) is 0 Å². The number of Topliss-reactive ketones (excluding diaryl/α,β-unsaturated/α-hetero) is 1. The predicted octanol–water partition coefficient (Wildman–Crippen LogP) is 0.954. The second-order valence-electron chi connectivity index (χ2n) is 3.76. The molecule has 0 radical (unpaired) electrons. The number of fused-ring (bicyclic) bond motifs is 1. The first-order valence-electron chi connectivity index (χ1n) is 5.66. The number of nitrogens with zero attached hydrogens (tertiary/aromatic N) is 3. The van der Waals surface area contributed by atoms with Crippen LogP contribution in [0.3, 0.4) is 0 Å². The number of ether oxygens (including phenoxy) is 1. The van der Waals surface area contributed by atoms with Crippen molar-refractivity contribution in [2.75, 3.05) is 6.61 Å². The number of carbonyl (C=O) groups is 2. The minimum Gasteiger partial charge on any atom is -0.466 e. The van der Waals surface area contributed by atoms with E-state index in [1.54, 1.807) is 6.92 Å². The highest BCUT2D eigenvalue weighted by atomic mass is 16.5. The highest BCUT2D eigenvalue weighted by molar-refractivity contribution is 5.95. The first-order valence-corrected chi connectivity index (χ1v) is 5.66. The van der Waals surface area contributed by atoms with Gasteiger partial charge in [-0.15, -0.1) is 5.10 Å². The van der Waals surface area contributed by atoms with Crippen LogP contribution in [-0.4, -0.2) is 33.4 Å². The number of ketones is 1. The SMILES string of the molecule is CCOC(=O)CC(=O)Cn1nnc2ccccc21. The molecule has 0 N–H and O–H groups in total. The molecule has 0 aliphatic carbocycles. The van der Waals surface area contributed by atoms with Crippen LogP contribution in [0.1, 0.15) is 13.3 Å². The molecule has 0 fully saturated rings. The summed E-state index contributed by atoms with van der Waals surface area (Å²) in [6.07, 6.45) is -0.234. The first-order chi connectivity index (χ1) is 8.70. The number of esters is 1. The van der Waals surface area contributed by atoms with Crippen molar-refractivity contribution in [1.82, 2.24) is 15.0 Å². The Balaban J connectivity index is 2.05. The standard InChI is InChI=1S/C12H13N3O3/c1-2-18-12(17)7-9(16)8-15-11-6-4-3-5-10(11)13-14-15/h3-6H,2,7-8H2,1H3. The van der Waals surface area contributed by atoms with Gasteiger partial charge < -0.3 is 4.74 Å². The number of benzene rings is 1. The summed E-state index contributed by atoms with van der Waals surface area (Å²) in [4.78, 5) is 22.8. The Hall–Kier alpha value is -2.24. The summed E-state index contributed by atoms with van der Waals surface area (Å²) in [6, 6.07) is 7.33. The third kappa shape index (κ3) is 2.71. The fourth-order valence-corrected chi connectivity index (χ4v) is 1.63. The first kappa shape index (κ1) is 12.2. The zero-order chi connectivity index (χ0) is 13.0. The highest BCUT2D eigenvalue weighted by Crippen LogP contribution is 2.09. The Morgan fingerprint density at radius 1 is 1.33 bits per heavy atom. The average Bonchev–Trinajstić information content (AvgIpc) is 2.73. The van der Waals surface area contributed by atoms with Gasteiger partial charge in [0.1, 0.15) is 18.5 Å². The second kappa shape index (κ2) is 5.39. The topological polar surface area (TPSA) is 74.1 Å². The van der Waals surface area contributed by atoms with E-state index in [1.807, 2.05) is 24.3 Å². The quantitative estimate of drug-likeness (QED) is 0.581. The van der Waals surface area contributed by atoms with E-state index in [0.29, 0.717) is 0 Å².